The molecule has 3 rings (SSSR count). The highest BCUT2D eigenvalue weighted by Crippen LogP contribution is 2.43. The Morgan fingerprint density at radius 3 is 2.07 bits per heavy atom. The zero-order valence-electron chi connectivity index (χ0n) is 39.2. The van der Waals surface area contributed by atoms with Gasteiger partial charge in [-0.25, -0.2) is 0 Å². The fourth-order valence-electron chi connectivity index (χ4n) is 9.64. The Balaban J connectivity index is 2.25. The van der Waals surface area contributed by atoms with Crippen molar-refractivity contribution in [1.82, 2.24) is 9.80 Å². The molecule has 4 N–H and O–H groups in total. The summed E-state index contributed by atoms with van der Waals surface area (Å²) in [7, 11) is 6.82. The van der Waals surface area contributed by atoms with Crippen molar-refractivity contribution in [3.8, 4) is 0 Å². The fraction of sp³-hybridized carbons (Fsp3) is 0.955. The van der Waals surface area contributed by atoms with E-state index in [-0.39, 0.29) is 55.6 Å². The van der Waals surface area contributed by atoms with Gasteiger partial charge in [-0.2, -0.15) is 0 Å². The number of cyclic esters (lactones) is 1. The number of esters is 1. The molecule has 0 aromatic rings. The summed E-state index contributed by atoms with van der Waals surface area (Å²) in [4.78, 5) is 30.7. The van der Waals surface area contributed by atoms with Crippen LogP contribution < -0.4 is 0 Å². The van der Waals surface area contributed by atoms with Crippen LogP contribution in [0.4, 0.5) is 0 Å². The summed E-state index contributed by atoms with van der Waals surface area (Å²) in [6.45, 7) is 23.6. The number of aliphatic hydroxyl groups excluding tert-OH is 2. The topological polar surface area (TPSA) is 186 Å². The predicted molar refractivity (Wildman–Crippen MR) is 222 cm³/mol. The number of hydrogen-bond acceptors (Lipinski definition) is 14. The van der Waals surface area contributed by atoms with Crippen LogP contribution in [-0.4, -0.2) is 167 Å². The minimum atomic E-state index is -1.94. The normalized spacial score (nSPS) is 45.8. The summed E-state index contributed by atoms with van der Waals surface area (Å²) < 4.78 is 44.9. The van der Waals surface area contributed by atoms with Crippen LogP contribution in [-0.2, 0) is 42.7 Å². The molecule has 3 fully saturated rings. The predicted octanol–water partition coefficient (Wildman–Crippen LogP) is 3.74. The molecule has 346 valence electrons. The van der Waals surface area contributed by atoms with E-state index in [1.54, 1.807) is 48.9 Å². The molecular weight excluding hydrogens is 764 g/mol. The summed E-state index contributed by atoms with van der Waals surface area (Å²) in [6, 6.07) is -0.205. The molecule has 0 aromatic heterocycles. The third-order valence-corrected chi connectivity index (χ3v) is 14.2. The smallest absolute Gasteiger partial charge is 0.311 e. The third kappa shape index (κ3) is 12.0. The van der Waals surface area contributed by atoms with Gasteiger partial charge in [0.1, 0.15) is 24.4 Å². The van der Waals surface area contributed by atoms with Gasteiger partial charge in [-0.05, 0) is 87.6 Å². The molecule has 0 saturated carbocycles. The number of rotatable bonds is 11. The van der Waals surface area contributed by atoms with E-state index in [4.69, 9.17) is 33.2 Å². The van der Waals surface area contributed by atoms with Crippen LogP contribution in [0.1, 0.15) is 116 Å². The fourth-order valence-corrected chi connectivity index (χ4v) is 9.64. The summed E-state index contributed by atoms with van der Waals surface area (Å²) >= 11 is 0. The number of methoxy groups -OCH3 is 1. The molecule has 1 amide bonds. The van der Waals surface area contributed by atoms with Gasteiger partial charge >= 0.3 is 5.97 Å². The van der Waals surface area contributed by atoms with E-state index >= 15 is 0 Å². The molecule has 3 aliphatic rings. The van der Waals surface area contributed by atoms with Gasteiger partial charge < -0.3 is 58.5 Å². The minimum absolute atomic E-state index is 0.00863. The lowest BCUT2D eigenvalue weighted by Crippen LogP contribution is -2.61. The standard InChI is InChI=1S/C44H82N2O13/c1-18-32-44(13,52)38(49)26(6)36(54-22-33(47)45(14)15)24(4)20-42(11,51)39(59-41-35(48)31(19-25(5)55-41)46(16)23(2)3)27(7)37(28(8)40(50)57-32)58-34-21-43(12,53-17)29(9)30(10)56-34/h23-32,34-39,41,48-49,51-52H,18-22H2,1-17H3/t24-,25-,26+,27+,28-,29+,30+,31+,32-,34?,35-,36+,37+,38-,39-,41+,42-,43-,44-/m1/s1. The highest BCUT2D eigenvalue weighted by atomic mass is 16.7. The van der Waals surface area contributed by atoms with Gasteiger partial charge in [-0.15, -0.1) is 0 Å². The molecular formula is C44H82N2O13. The van der Waals surface area contributed by atoms with Crippen LogP contribution in [0.25, 0.3) is 0 Å². The summed E-state index contributed by atoms with van der Waals surface area (Å²) in [5, 5.41) is 48.7. The second kappa shape index (κ2) is 20.8. The summed E-state index contributed by atoms with van der Waals surface area (Å²) in [5.41, 5.74) is -4.30. The lowest BCUT2D eigenvalue weighted by molar-refractivity contribution is -0.315. The first kappa shape index (κ1) is 51.8. The maximum atomic E-state index is 14.4. The number of hydrogen-bond donors (Lipinski definition) is 4. The van der Waals surface area contributed by atoms with Crippen LogP contribution in [0, 0.1) is 29.6 Å². The van der Waals surface area contributed by atoms with E-state index in [2.05, 4.69) is 11.8 Å². The van der Waals surface area contributed by atoms with Crippen molar-refractivity contribution in [2.24, 2.45) is 29.6 Å². The summed E-state index contributed by atoms with van der Waals surface area (Å²) in [5.74, 6) is -4.16. The van der Waals surface area contributed by atoms with Crippen molar-refractivity contribution in [1.29, 1.82) is 0 Å². The molecule has 59 heavy (non-hydrogen) atoms. The van der Waals surface area contributed by atoms with Crippen molar-refractivity contribution in [2.45, 2.75) is 206 Å². The Labute approximate surface area is 354 Å². The third-order valence-electron chi connectivity index (χ3n) is 14.2. The average Bonchev–Trinajstić information content (AvgIpc) is 3.15. The number of likely N-dealkylation sites (N-methyl/N-ethyl adjacent to an activating group) is 2. The van der Waals surface area contributed by atoms with Crippen molar-refractivity contribution in [2.75, 3.05) is 34.9 Å². The maximum Gasteiger partial charge on any atom is 0.311 e. The first-order valence-electron chi connectivity index (χ1n) is 21.9. The zero-order valence-corrected chi connectivity index (χ0v) is 39.2. The molecule has 3 aliphatic heterocycles. The first-order chi connectivity index (χ1) is 27.1. The molecule has 1 unspecified atom stereocenters. The summed E-state index contributed by atoms with van der Waals surface area (Å²) in [6.07, 6.45) is -8.28. The van der Waals surface area contributed by atoms with Gasteiger partial charge in [-0.1, -0.05) is 34.6 Å². The molecule has 0 spiro atoms. The van der Waals surface area contributed by atoms with E-state index in [0.717, 1.165) is 0 Å². The Bertz CT molecular complexity index is 1350. The van der Waals surface area contributed by atoms with E-state index in [9.17, 15) is 30.0 Å². The Kier molecular flexibility index (Phi) is 18.3. The van der Waals surface area contributed by atoms with E-state index in [0.29, 0.717) is 12.8 Å². The van der Waals surface area contributed by atoms with Gasteiger partial charge in [0.15, 0.2) is 12.6 Å². The first-order valence-corrected chi connectivity index (χ1v) is 21.9. The van der Waals surface area contributed by atoms with Crippen LogP contribution in [0.2, 0.25) is 0 Å². The van der Waals surface area contributed by atoms with Crippen LogP contribution >= 0.6 is 0 Å². The number of aliphatic hydroxyl groups is 4. The lowest BCUT2D eigenvalue weighted by Gasteiger charge is -2.50. The quantitative estimate of drug-likeness (QED) is 0.221. The minimum Gasteiger partial charge on any atom is -0.459 e. The number of amides is 1. The van der Waals surface area contributed by atoms with Gasteiger partial charge in [0.2, 0.25) is 5.91 Å². The molecule has 0 radical (unpaired) electrons. The van der Waals surface area contributed by atoms with Crippen molar-refractivity contribution >= 4 is 11.9 Å². The second-order valence-corrected chi connectivity index (χ2v) is 19.4. The van der Waals surface area contributed by atoms with Gasteiger partial charge in [0, 0.05) is 57.5 Å². The number of nitrogens with zero attached hydrogens (tertiary/aromatic N) is 2. The number of carbonyl (C=O) groups is 2. The van der Waals surface area contributed by atoms with Crippen molar-refractivity contribution in [3.63, 3.8) is 0 Å². The second-order valence-electron chi connectivity index (χ2n) is 19.4. The SMILES string of the molecule is CC[C@H]1OC(=O)[C@H](C)[C@@H](OC2C[C@@](C)(OC)[C@@H](C)[C@H](C)O2)[C@H](C)[C@@H](O[C@@H]2O[C@H](C)C[C@H](N(C)C(C)C)[C@H]2O)[C@](C)(O)C[C@@H](C)[C@H](OCC(=O)N(C)C)[C@H](C)[C@@H](O)[C@]1(C)O. The van der Waals surface area contributed by atoms with Gasteiger partial charge in [0.25, 0.3) is 0 Å². The maximum absolute atomic E-state index is 14.4. The zero-order chi connectivity index (χ0) is 45.1. The van der Waals surface area contributed by atoms with Crippen molar-refractivity contribution in [3.05, 3.63) is 0 Å². The number of carbonyl (C=O) groups excluding carboxylic acids is 2. The van der Waals surface area contributed by atoms with Crippen LogP contribution in [0.5, 0.6) is 0 Å². The molecule has 19 atom stereocenters. The Morgan fingerprint density at radius 1 is 0.915 bits per heavy atom. The van der Waals surface area contributed by atoms with Crippen molar-refractivity contribution < 1.29 is 63.2 Å². The molecule has 0 aromatic carbocycles. The van der Waals surface area contributed by atoms with Gasteiger partial charge in [0.05, 0.1) is 53.7 Å². The Morgan fingerprint density at radius 2 is 1.53 bits per heavy atom. The number of ether oxygens (including phenoxy) is 7. The van der Waals surface area contributed by atoms with Crippen LogP contribution in [0.3, 0.4) is 0 Å². The highest BCUT2D eigenvalue weighted by Gasteiger charge is 2.53. The van der Waals surface area contributed by atoms with E-state index < -0.39 is 95.6 Å². The molecule has 0 aliphatic carbocycles. The highest BCUT2D eigenvalue weighted by molar-refractivity contribution is 5.76. The van der Waals surface area contributed by atoms with Gasteiger partial charge in [-0.3, -0.25) is 14.5 Å². The van der Waals surface area contributed by atoms with E-state index in [1.807, 2.05) is 55.5 Å². The molecule has 3 heterocycles. The Hall–Kier alpha value is -1.50. The largest absolute Gasteiger partial charge is 0.459 e. The molecule has 15 nitrogen and oxygen atoms in total. The lowest BCUT2D eigenvalue weighted by atomic mass is 9.73. The average molecular weight is 847 g/mol. The molecule has 15 heteroatoms. The molecule has 3 saturated heterocycles. The molecule has 0 bridgehead atoms. The monoisotopic (exact) mass is 847 g/mol. The van der Waals surface area contributed by atoms with E-state index in [1.165, 1.54) is 11.8 Å². The van der Waals surface area contributed by atoms with Crippen LogP contribution in [0.15, 0.2) is 0 Å².